The molecule has 12 aromatic rings. The molecule has 6 nitrogen and oxygen atoms in total. The molecule has 0 amide bonds. The minimum Gasteiger partial charge on any atom is -0.456 e. The number of rotatable bonds is 7. The first-order chi connectivity index (χ1) is 30.2. The van der Waals surface area contributed by atoms with Gasteiger partial charge < -0.3 is 9.32 Å². The molecule has 3 aromatic heterocycles. The van der Waals surface area contributed by atoms with Crippen LogP contribution in [0.5, 0.6) is 0 Å². The van der Waals surface area contributed by atoms with Gasteiger partial charge in [-0.25, -0.2) is 4.98 Å². The van der Waals surface area contributed by atoms with Crippen molar-refractivity contribution in [2.75, 3.05) is 4.90 Å². The average molecular weight is 782 g/mol. The van der Waals surface area contributed by atoms with Crippen LogP contribution in [-0.4, -0.2) is 19.5 Å². The summed E-state index contributed by atoms with van der Waals surface area (Å²) < 4.78 is 8.65. The molecule has 0 bridgehead atoms. The maximum Gasteiger partial charge on any atom is 0.238 e. The van der Waals surface area contributed by atoms with Gasteiger partial charge in [-0.1, -0.05) is 140 Å². The van der Waals surface area contributed by atoms with Crippen molar-refractivity contribution in [3.05, 3.63) is 212 Å². The van der Waals surface area contributed by atoms with Crippen molar-refractivity contribution in [3.63, 3.8) is 0 Å². The molecule has 286 valence electrons. The zero-order valence-electron chi connectivity index (χ0n) is 32.9. The Kier molecular flexibility index (Phi) is 8.06. The van der Waals surface area contributed by atoms with E-state index in [4.69, 9.17) is 19.4 Å². The zero-order chi connectivity index (χ0) is 40.3. The van der Waals surface area contributed by atoms with E-state index < -0.39 is 0 Å². The van der Waals surface area contributed by atoms with Crippen LogP contribution in [0.4, 0.5) is 17.1 Å². The Morgan fingerprint density at radius 3 is 1.70 bits per heavy atom. The fourth-order valence-electron chi connectivity index (χ4n) is 8.77. The van der Waals surface area contributed by atoms with Crippen LogP contribution in [0.1, 0.15) is 0 Å². The van der Waals surface area contributed by atoms with E-state index in [0.29, 0.717) is 17.6 Å². The Bertz CT molecular complexity index is 3540. The molecule has 0 atom stereocenters. The minimum atomic E-state index is 0.546. The molecule has 3 heterocycles. The molecule has 6 heteroatoms. The molecule has 0 aliphatic carbocycles. The quantitative estimate of drug-likeness (QED) is 0.161. The van der Waals surface area contributed by atoms with E-state index in [9.17, 15) is 0 Å². The van der Waals surface area contributed by atoms with Gasteiger partial charge in [0.15, 0.2) is 11.6 Å². The SMILES string of the molecule is c1ccc(-c2nc(-c3ccc4c(c3)oc3ccc5ccccc5c34)nc(-n3c4ccccc4c4cc(-c5ccc(N(c6ccccc6)c6ccccc6)cc5)ccc43)n2)cc1. The number of nitrogens with zero attached hydrogens (tertiary/aromatic N) is 5. The molecule has 61 heavy (non-hydrogen) atoms. The molecular formula is C55H35N5O. The van der Waals surface area contributed by atoms with Gasteiger partial charge in [-0.05, 0) is 94.7 Å². The molecule has 9 aromatic carbocycles. The van der Waals surface area contributed by atoms with E-state index in [1.165, 1.54) is 10.8 Å². The van der Waals surface area contributed by atoms with Crippen LogP contribution in [0.25, 0.3) is 94.4 Å². The molecule has 0 unspecified atom stereocenters. The molecule has 0 radical (unpaired) electrons. The second kappa shape index (κ2) is 14.2. The fourth-order valence-corrected chi connectivity index (χ4v) is 8.77. The van der Waals surface area contributed by atoms with Crippen molar-refractivity contribution in [3.8, 4) is 39.9 Å². The third-order valence-corrected chi connectivity index (χ3v) is 11.6. The predicted octanol–water partition coefficient (Wildman–Crippen LogP) is 14.5. The van der Waals surface area contributed by atoms with Gasteiger partial charge in [-0.2, -0.15) is 9.97 Å². The van der Waals surface area contributed by atoms with E-state index in [1.54, 1.807) is 0 Å². The van der Waals surface area contributed by atoms with Gasteiger partial charge in [0.2, 0.25) is 5.95 Å². The second-order valence-electron chi connectivity index (χ2n) is 15.3. The Labute approximate surface area is 351 Å². The molecule has 0 spiro atoms. The van der Waals surface area contributed by atoms with Gasteiger partial charge in [-0.3, -0.25) is 4.57 Å². The van der Waals surface area contributed by atoms with E-state index in [2.05, 4.69) is 191 Å². The molecule has 0 aliphatic rings. The number of para-hydroxylation sites is 3. The van der Waals surface area contributed by atoms with Crippen molar-refractivity contribution in [1.29, 1.82) is 0 Å². The van der Waals surface area contributed by atoms with E-state index in [-0.39, 0.29) is 0 Å². The van der Waals surface area contributed by atoms with Crippen LogP contribution in [0.3, 0.4) is 0 Å². The first-order valence-corrected chi connectivity index (χ1v) is 20.4. The highest BCUT2D eigenvalue weighted by molar-refractivity contribution is 6.19. The number of hydrogen-bond acceptors (Lipinski definition) is 5. The van der Waals surface area contributed by atoms with Crippen molar-refractivity contribution < 1.29 is 4.42 Å². The number of furan rings is 1. The van der Waals surface area contributed by atoms with Crippen LogP contribution >= 0.6 is 0 Å². The molecule has 0 saturated carbocycles. The van der Waals surface area contributed by atoms with Gasteiger partial charge in [0.1, 0.15) is 11.2 Å². The minimum absolute atomic E-state index is 0.546. The maximum absolute atomic E-state index is 6.48. The van der Waals surface area contributed by atoms with E-state index in [1.807, 2.05) is 30.3 Å². The first-order valence-electron chi connectivity index (χ1n) is 20.4. The normalized spacial score (nSPS) is 11.6. The van der Waals surface area contributed by atoms with Crippen molar-refractivity contribution in [2.24, 2.45) is 0 Å². The average Bonchev–Trinajstić information content (AvgIpc) is 3.88. The summed E-state index contributed by atoms with van der Waals surface area (Å²) in [6.45, 7) is 0. The van der Waals surface area contributed by atoms with Gasteiger partial charge in [-0.15, -0.1) is 0 Å². The van der Waals surface area contributed by atoms with Crippen molar-refractivity contribution in [2.45, 2.75) is 0 Å². The zero-order valence-corrected chi connectivity index (χ0v) is 32.9. The number of hydrogen-bond donors (Lipinski definition) is 0. The summed E-state index contributed by atoms with van der Waals surface area (Å²) in [5, 5.41) is 6.76. The third-order valence-electron chi connectivity index (χ3n) is 11.6. The number of fused-ring (bicyclic) bond motifs is 8. The van der Waals surface area contributed by atoms with E-state index in [0.717, 1.165) is 83.1 Å². The highest BCUT2D eigenvalue weighted by atomic mass is 16.3. The third kappa shape index (κ3) is 5.92. The topological polar surface area (TPSA) is 60.0 Å². The van der Waals surface area contributed by atoms with Gasteiger partial charge in [0.25, 0.3) is 0 Å². The summed E-state index contributed by atoms with van der Waals surface area (Å²) in [6, 6.07) is 73.9. The predicted molar refractivity (Wildman–Crippen MR) is 250 cm³/mol. The van der Waals surface area contributed by atoms with Crippen LogP contribution in [0.2, 0.25) is 0 Å². The number of aromatic nitrogens is 4. The molecule has 0 saturated heterocycles. The summed E-state index contributed by atoms with van der Waals surface area (Å²) in [4.78, 5) is 17.8. The molecule has 12 rings (SSSR count). The van der Waals surface area contributed by atoms with Crippen LogP contribution in [0.15, 0.2) is 217 Å². The highest BCUT2D eigenvalue weighted by Crippen LogP contribution is 2.39. The Morgan fingerprint density at radius 1 is 0.361 bits per heavy atom. The second-order valence-corrected chi connectivity index (χ2v) is 15.3. The van der Waals surface area contributed by atoms with Gasteiger partial charge in [0.05, 0.1) is 11.0 Å². The summed E-state index contributed by atoms with van der Waals surface area (Å²) in [6.07, 6.45) is 0. The van der Waals surface area contributed by atoms with Crippen molar-refractivity contribution >= 4 is 71.6 Å². The Balaban J connectivity index is 0.985. The molecule has 0 fully saturated rings. The molecule has 0 N–H and O–H groups in total. The lowest BCUT2D eigenvalue weighted by molar-refractivity contribution is 0.669. The van der Waals surface area contributed by atoms with Gasteiger partial charge in [0, 0.05) is 49.7 Å². The van der Waals surface area contributed by atoms with Crippen LogP contribution in [0, 0.1) is 0 Å². The number of anilines is 3. The number of benzene rings is 9. The fraction of sp³-hybridized carbons (Fsp3) is 0. The summed E-state index contributed by atoms with van der Waals surface area (Å²) in [7, 11) is 0. The Hall–Kier alpha value is -8.35. The lowest BCUT2D eigenvalue weighted by atomic mass is 10.0. The molecular weight excluding hydrogens is 747 g/mol. The lowest BCUT2D eigenvalue weighted by Crippen LogP contribution is -2.09. The Morgan fingerprint density at radius 2 is 0.951 bits per heavy atom. The summed E-state index contributed by atoms with van der Waals surface area (Å²) in [5.74, 6) is 1.71. The van der Waals surface area contributed by atoms with Crippen LogP contribution in [-0.2, 0) is 0 Å². The summed E-state index contributed by atoms with van der Waals surface area (Å²) in [5.41, 5.74) is 11.0. The molecule has 0 aliphatic heterocycles. The maximum atomic E-state index is 6.48. The standard InChI is InChI=1S/C55H35N5O/c1-4-15-38(16-5-1)53-56-54(40-26-31-46-51(35-40)61-50-33-28-37-14-10-11-21-44(37)52(46)50)58-55(57-53)60-48-23-13-12-22-45(48)47-34-39(27-32-49(47)60)36-24-29-43(30-25-36)59(41-17-6-2-7-18-41)42-19-8-3-9-20-42/h1-35H. The monoisotopic (exact) mass is 781 g/mol. The largest absolute Gasteiger partial charge is 0.456 e. The smallest absolute Gasteiger partial charge is 0.238 e. The van der Waals surface area contributed by atoms with Crippen LogP contribution < -0.4 is 4.90 Å². The van der Waals surface area contributed by atoms with Gasteiger partial charge >= 0.3 is 0 Å². The van der Waals surface area contributed by atoms with Crippen molar-refractivity contribution in [1.82, 2.24) is 19.5 Å². The van der Waals surface area contributed by atoms with E-state index >= 15 is 0 Å². The first kappa shape index (κ1) is 34.7. The highest BCUT2D eigenvalue weighted by Gasteiger charge is 2.20. The lowest BCUT2D eigenvalue weighted by Gasteiger charge is -2.25. The summed E-state index contributed by atoms with van der Waals surface area (Å²) >= 11 is 0.